The van der Waals surface area contributed by atoms with Gasteiger partial charge in [-0.15, -0.1) is 0 Å². The third-order valence-corrected chi connectivity index (χ3v) is 12.0. The van der Waals surface area contributed by atoms with Crippen molar-refractivity contribution < 1.29 is 37.1 Å². The number of aryl methyl sites for hydroxylation is 1. The summed E-state index contributed by atoms with van der Waals surface area (Å²) in [5.41, 5.74) is 7.73. The summed E-state index contributed by atoms with van der Waals surface area (Å²) in [5, 5.41) is 36.1. The average molecular weight is 1780 g/mol. The van der Waals surface area contributed by atoms with Crippen LogP contribution >= 0.6 is 216 Å². The fraction of sp³-hybridized carbons (Fsp3) is 0.0667. The molecular formula is C45H31Cl3I6N8S4V2-2. The zero-order valence-corrected chi connectivity index (χ0v) is 56.3. The van der Waals surface area contributed by atoms with E-state index < -0.39 is 0 Å². The number of alkyl halides is 5. The van der Waals surface area contributed by atoms with Crippen molar-refractivity contribution in [3.63, 3.8) is 0 Å². The Balaban J connectivity index is 0. The molecule has 0 amide bonds. The van der Waals surface area contributed by atoms with E-state index in [1.165, 1.54) is 37.0 Å². The summed E-state index contributed by atoms with van der Waals surface area (Å²) in [6.07, 6.45) is 0. The fourth-order valence-corrected chi connectivity index (χ4v) is 8.56. The minimum absolute atomic E-state index is 0. The predicted octanol–water partition coefficient (Wildman–Crippen LogP) is 19.0. The quantitative estimate of drug-likeness (QED) is 0.0961. The Labute approximate surface area is 535 Å². The first-order valence-corrected chi connectivity index (χ1v) is 30.0. The standard InChI is InChI=1S/C16H10N2S.C11H8N2S.C10H5ClN2S.C4Cl2N2S.CHI3.CH2I2.CH2I.CH3.2V/c17-11-14-15(12-7-3-1-4-8-12)18-19-16(14)13-9-5-2-6-10-13;1-8-10(7-12)11(14-13-8)9-5-3-2-4-6-9;11-10-8(6-12)9(14-13-10)7-4-2-1-3-5-7;5-3-2(1-7)4(6)9-8-3;2-1(3)4;2-1-3;1-2;;;/h1-10H;2-6H,1H3;1-5H;;1H;1H2;1H2;1H3;;/q;;;;;;2*-1;;. The first-order valence-electron chi connectivity index (χ1n) is 17.5. The first kappa shape index (κ1) is 69.9. The van der Waals surface area contributed by atoms with Crippen LogP contribution in [0.2, 0.25) is 14.6 Å². The van der Waals surface area contributed by atoms with Crippen LogP contribution in [0.15, 0.2) is 121 Å². The maximum Gasteiger partial charge on any atom is 0.162 e. The number of nitriles is 4. The summed E-state index contributed by atoms with van der Waals surface area (Å²) in [5.74, 6) is 0. The Morgan fingerprint density at radius 2 is 0.794 bits per heavy atom. The van der Waals surface area contributed by atoms with Crippen molar-refractivity contribution in [1.29, 1.82) is 21.0 Å². The normalized spacial score (nSPS) is 8.88. The number of halogens is 9. The number of benzene rings is 4. The molecule has 68 heavy (non-hydrogen) atoms. The Hall–Kier alpha value is -0.221. The molecule has 23 heteroatoms. The molecular weight excluding hydrogens is 1750 g/mol. The fourth-order valence-electron chi connectivity index (χ4n) is 4.76. The molecule has 0 bridgehead atoms. The number of hydrogen-bond donors (Lipinski definition) is 0. The van der Waals surface area contributed by atoms with E-state index in [9.17, 15) is 5.26 Å². The largest absolute Gasteiger partial charge is 0.358 e. The Morgan fingerprint density at radius 3 is 1.13 bits per heavy atom. The third-order valence-electron chi connectivity index (χ3n) is 7.42. The molecule has 0 saturated heterocycles. The van der Waals surface area contributed by atoms with E-state index in [-0.39, 0.29) is 60.4 Å². The van der Waals surface area contributed by atoms with Crippen molar-refractivity contribution in [2.75, 3.05) is 2.43 Å². The van der Waals surface area contributed by atoms with Gasteiger partial charge >= 0.3 is 0 Å². The molecule has 0 atom stereocenters. The maximum absolute atomic E-state index is 9.43. The van der Waals surface area contributed by atoms with Crippen LogP contribution in [0.1, 0.15) is 27.9 Å². The molecule has 350 valence electrons. The van der Waals surface area contributed by atoms with Gasteiger partial charge in [-0.3, -0.25) is 4.93 Å². The molecule has 0 saturated carbocycles. The molecule has 4 heterocycles. The SMILES string of the molecule is Cc1nsc(-c2ccccc2)c1C#N.IC(I)I.ICI.N#Cc1c(-c2ccccc2)nsc1-c1ccccc1.N#Cc1c(Cl)nsc1-c1ccccc1.N#Cc1c(Cl)nsc1Cl.[CH2-]I.[CH3-].[V].[V]. The Morgan fingerprint density at radius 1 is 0.500 bits per heavy atom. The van der Waals surface area contributed by atoms with E-state index >= 15 is 0 Å². The molecule has 0 aliphatic heterocycles. The summed E-state index contributed by atoms with van der Waals surface area (Å²) in [7, 11) is 0. The van der Waals surface area contributed by atoms with Gasteiger partial charge < -0.3 is 30.0 Å². The topological polar surface area (TPSA) is 147 Å². The van der Waals surface area contributed by atoms with Crippen molar-refractivity contribution in [3.05, 3.63) is 176 Å². The predicted molar refractivity (Wildman–Crippen MR) is 333 cm³/mol. The summed E-state index contributed by atoms with van der Waals surface area (Å²) < 4.78 is 18.5. The van der Waals surface area contributed by atoms with Crippen molar-refractivity contribution in [3.8, 4) is 66.9 Å². The smallest absolute Gasteiger partial charge is 0.162 e. The van der Waals surface area contributed by atoms with Crippen LogP contribution < -0.4 is 0 Å². The molecule has 0 spiro atoms. The van der Waals surface area contributed by atoms with Gasteiger partial charge in [0.15, 0.2) is 10.3 Å². The second-order valence-electron chi connectivity index (χ2n) is 11.3. The van der Waals surface area contributed by atoms with Crippen molar-refractivity contribution in [1.82, 2.24) is 17.5 Å². The summed E-state index contributed by atoms with van der Waals surface area (Å²) in [4.78, 5) is 5.95. The summed E-state index contributed by atoms with van der Waals surface area (Å²) in [6.45, 7) is 1.86. The Bertz CT molecular complexity index is 2630. The van der Waals surface area contributed by atoms with Crippen LogP contribution in [-0.2, 0) is 37.1 Å². The van der Waals surface area contributed by atoms with Gasteiger partial charge in [-0.1, -0.05) is 269 Å². The third kappa shape index (κ3) is 23.8. The monoisotopic (exact) mass is 1780 g/mol. The molecule has 0 N–H and O–H groups in total. The molecule has 0 fully saturated rings. The van der Waals surface area contributed by atoms with E-state index in [2.05, 4.69) is 154 Å². The van der Waals surface area contributed by atoms with Crippen LogP contribution in [0.5, 0.6) is 0 Å². The zero-order valence-electron chi connectivity index (χ0n) is 35.0. The zero-order chi connectivity index (χ0) is 48.1. The number of nitrogens with zero attached hydrogens (tertiary/aromatic N) is 8. The molecule has 8 aromatic rings. The van der Waals surface area contributed by atoms with Gasteiger partial charge in [-0.25, -0.2) is 0 Å². The number of hydrogen-bond acceptors (Lipinski definition) is 12. The van der Waals surface area contributed by atoms with Crippen molar-refractivity contribution in [2.24, 2.45) is 0 Å². The van der Waals surface area contributed by atoms with E-state index in [4.69, 9.17) is 50.6 Å². The molecule has 4 aromatic heterocycles. The van der Waals surface area contributed by atoms with E-state index in [0.29, 0.717) is 21.0 Å². The molecule has 4 aromatic carbocycles. The van der Waals surface area contributed by atoms with Crippen LogP contribution in [0.3, 0.4) is 0 Å². The number of aromatic nitrogens is 4. The molecule has 0 aliphatic carbocycles. The van der Waals surface area contributed by atoms with Crippen LogP contribution in [0, 0.1) is 64.6 Å². The van der Waals surface area contributed by atoms with Gasteiger partial charge in [0.05, 0.1) is 33.9 Å². The van der Waals surface area contributed by atoms with Gasteiger partial charge in [-0.05, 0) is 69.7 Å². The molecule has 0 unspecified atom stereocenters. The second kappa shape index (κ2) is 41.2. The maximum atomic E-state index is 9.43. The molecule has 8 nitrogen and oxygen atoms in total. The first-order chi connectivity index (χ1) is 31.4. The van der Waals surface area contributed by atoms with E-state index in [0.717, 1.165) is 59.7 Å². The second-order valence-corrected chi connectivity index (χ2v) is 31.0. The average Bonchev–Trinajstić information content (AvgIpc) is 4.13. The van der Waals surface area contributed by atoms with Gasteiger partial charge in [0, 0.05) is 42.7 Å². The van der Waals surface area contributed by atoms with Gasteiger partial charge in [0.2, 0.25) is 0 Å². The molecule has 8 rings (SSSR count). The van der Waals surface area contributed by atoms with Gasteiger partial charge in [0.25, 0.3) is 0 Å². The van der Waals surface area contributed by atoms with Crippen LogP contribution in [-0.4, -0.2) is 19.9 Å². The molecule has 0 aliphatic rings. The minimum Gasteiger partial charge on any atom is -0.358 e. The number of rotatable bonds is 4. The summed E-state index contributed by atoms with van der Waals surface area (Å²) >= 11 is 35.1. The van der Waals surface area contributed by atoms with Gasteiger partial charge in [-0.2, -0.15) is 38.5 Å². The van der Waals surface area contributed by atoms with Crippen molar-refractivity contribution in [2.45, 2.75) is 6.86 Å². The van der Waals surface area contributed by atoms with Crippen molar-refractivity contribution >= 4 is 216 Å². The minimum atomic E-state index is 0. The van der Waals surface area contributed by atoms with Crippen LogP contribution in [0.25, 0.3) is 42.6 Å². The Kier molecular flexibility index (Phi) is 42.3. The summed E-state index contributed by atoms with van der Waals surface area (Å²) in [6, 6.07) is 47.6. The van der Waals surface area contributed by atoms with Crippen LogP contribution in [0.4, 0.5) is 0 Å². The van der Waals surface area contributed by atoms with Gasteiger partial charge in [0.1, 0.15) is 45.4 Å². The van der Waals surface area contributed by atoms with E-state index in [1.807, 2.05) is 157 Å². The molecule has 2 radical (unpaired) electrons. The van der Waals surface area contributed by atoms with E-state index in [1.54, 1.807) is 0 Å².